The first-order valence-electron chi connectivity index (χ1n) is 9.12. The zero-order valence-electron chi connectivity index (χ0n) is 15.7. The van der Waals surface area contributed by atoms with Crippen LogP contribution in [0.25, 0.3) is 0 Å². The van der Waals surface area contributed by atoms with Gasteiger partial charge >= 0.3 is 6.03 Å². The van der Waals surface area contributed by atoms with E-state index in [9.17, 15) is 9.59 Å². The van der Waals surface area contributed by atoms with Gasteiger partial charge in [-0.15, -0.1) is 0 Å². The summed E-state index contributed by atoms with van der Waals surface area (Å²) in [5.74, 6) is -0.0275. The number of para-hydroxylation sites is 1. The second-order valence-corrected chi connectivity index (χ2v) is 7.28. The molecule has 1 heterocycles. The number of amides is 3. The minimum absolute atomic E-state index is 0.0275. The van der Waals surface area contributed by atoms with Gasteiger partial charge in [0.25, 0.3) is 5.91 Å². The Morgan fingerprint density at radius 2 is 1.81 bits per heavy atom. The van der Waals surface area contributed by atoms with Gasteiger partial charge in [-0.1, -0.05) is 41.9 Å². The van der Waals surface area contributed by atoms with Crippen molar-refractivity contribution < 1.29 is 9.59 Å². The summed E-state index contributed by atoms with van der Waals surface area (Å²) in [6.45, 7) is 3.82. The lowest BCUT2D eigenvalue weighted by Gasteiger charge is -2.22. The van der Waals surface area contributed by atoms with Crippen molar-refractivity contribution in [3.05, 3.63) is 64.2 Å². The summed E-state index contributed by atoms with van der Waals surface area (Å²) in [7, 11) is 1.71. The molecule has 0 bridgehead atoms. The molecule has 3 rings (SSSR count). The van der Waals surface area contributed by atoms with Crippen LogP contribution in [0.15, 0.2) is 42.5 Å². The van der Waals surface area contributed by atoms with Gasteiger partial charge in [0, 0.05) is 31.7 Å². The molecular weight excluding hydrogens is 362 g/mol. The van der Waals surface area contributed by atoms with Gasteiger partial charge in [-0.2, -0.15) is 0 Å². The topological polar surface area (TPSA) is 52.7 Å². The van der Waals surface area contributed by atoms with E-state index in [1.807, 2.05) is 42.2 Å². The van der Waals surface area contributed by atoms with E-state index >= 15 is 0 Å². The first-order chi connectivity index (χ1) is 13.0. The molecular formula is C21H24ClN3O2. The Morgan fingerprint density at radius 1 is 1.11 bits per heavy atom. The predicted molar refractivity (Wildman–Crippen MR) is 108 cm³/mol. The van der Waals surface area contributed by atoms with Crippen LogP contribution in [0.4, 0.5) is 10.5 Å². The molecule has 1 aliphatic rings. The van der Waals surface area contributed by atoms with Crippen molar-refractivity contribution in [1.82, 2.24) is 9.80 Å². The Labute approximate surface area is 164 Å². The van der Waals surface area contributed by atoms with Crippen molar-refractivity contribution in [2.75, 3.05) is 25.5 Å². The summed E-state index contributed by atoms with van der Waals surface area (Å²) < 4.78 is 0. The Bertz CT molecular complexity index is 847. The monoisotopic (exact) mass is 385 g/mol. The highest BCUT2D eigenvalue weighted by atomic mass is 35.5. The van der Waals surface area contributed by atoms with Crippen LogP contribution in [-0.4, -0.2) is 41.9 Å². The molecule has 3 amide bonds. The van der Waals surface area contributed by atoms with Gasteiger partial charge in [-0.3, -0.25) is 4.79 Å². The third kappa shape index (κ3) is 4.42. The second-order valence-electron chi connectivity index (χ2n) is 6.87. The summed E-state index contributed by atoms with van der Waals surface area (Å²) in [4.78, 5) is 29.0. The van der Waals surface area contributed by atoms with Crippen LogP contribution >= 0.6 is 11.6 Å². The summed E-state index contributed by atoms with van der Waals surface area (Å²) >= 11 is 6.19. The molecule has 1 fully saturated rings. The summed E-state index contributed by atoms with van der Waals surface area (Å²) in [5, 5.41) is 3.54. The molecule has 0 spiro atoms. The van der Waals surface area contributed by atoms with Crippen molar-refractivity contribution in [2.24, 2.45) is 0 Å². The molecule has 5 nitrogen and oxygen atoms in total. The molecule has 2 aromatic carbocycles. The number of hydrogen-bond acceptors (Lipinski definition) is 2. The lowest BCUT2D eigenvalue weighted by atomic mass is 10.1. The van der Waals surface area contributed by atoms with E-state index in [1.165, 1.54) is 0 Å². The number of nitrogens with one attached hydrogen (secondary N) is 1. The standard InChI is InChI=1S/C21H24ClN3O2/c1-15-8-7-10-17(20(26)25-12-5-6-13-25)19(15)23-21(27)24(2)14-16-9-3-4-11-18(16)22/h3-4,7-11H,5-6,12-14H2,1-2H3,(H,23,27). The molecule has 2 aromatic rings. The molecule has 0 aliphatic carbocycles. The minimum atomic E-state index is -0.278. The molecule has 0 unspecified atom stereocenters. The number of hydrogen-bond donors (Lipinski definition) is 1. The van der Waals surface area contributed by atoms with Gasteiger partial charge in [0.2, 0.25) is 0 Å². The average molecular weight is 386 g/mol. The van der Waals surface area contributed by atoms with Crippen molar-refractivity contribution in [3.63, 3.8) is 0 Å². The molecule has 1 aliphatic heterocycles. The van der Waals surface area contributed by atoms with E-state index < -0.39 is 0 Å². The summed E-state index contributed by atoms with van der Waals surface area (Å²) in [5.41, 5.74) is 2.84. The molecule has 0 radical (unpaired) electrons. The van der Waals surface area contributed by atoms with Crippen molar-refractivity contribution in [2.45, 2.75) is 26.3 Å². The lowest BCUT2D eigenvalue weighted by molar-refractivity contribution is 0.0793. The van der Waals surface area contributed by atoms with Crippen molar-refractivity contribution in [3.8, 4) is 0 Å². The molecule has 1 saturated heterocycles. The molecule has 142 valence electrons. The molecule has 6 heteroatoms. The quantitative estimate of drug-likeness (QED) is 0.839. The Balaban J connectivity index is 1.77. The average Bonchev–Trinajstić information content (AvgIpc) is 3.19. The molecule has 1 N–H and O–H groups in total. The highest BCUT2D eigenvalue weighted by Gasteiger charge is 2.24. The summed E-state index contributed by atoms with van der Waals surface area (Å²) in [6, 6.07) is 12.7. The Hall–Kier alpha value is -2.53. The third-order valence-electron chi connectivity index (χ3n) is 4.84. The number of urea groups is 1. The van der Waals surface area contributed by atoms with E-state index in [4.69, 9.17) is 11.6 Å². The van der Waals surface area contributed by atoms with Gasteiger partial charge in [0.1, 0.15) is 0 Å². The first kappa shape index (κ1) is 19.2. The van der Waals surface area contributed by atoms with Crippen LogP contribution in [0, 0.1) is 6.92 Å². The van der Waals surface area contributed by atoms with Gasteiger partial charge < -0.3 is 15.1 Å². The fraction of sp³-hybridized carbons (Fsp3) is 0.333. The normalized spacial score (nSPS) is 13.5. The molecule has 0 aromatic heterocycles. The van der Waals surface area contributed by atoms with Gasteiger partial charge in [0.05, 0.1) is 11.3 Å². The number of nitrogens with zero attached hydrogens (tertiary/aromatic N) is 2. The fourth-order valence-electron chi connectivity index (χ4n) is 3.26. The highest BCUT2D eigenvalue weighted by molar-refractivity contribution is 6.31. The highest BCUT2D eigenvalue weighted by Crippen LogP contribution is 2.25. The minimum Gasteiger partial charge on any atom is -0.339 e. The van der Waals surface area contributed by atoms with Crippen LogP contribution in [0.5, 0.6) is 0 Å². The van der Waals surface area contributed by atoms with Crippen LogP contribution in [0.2, 0.25) is 5.02 Å². The Kier molecular flexibility index (Phi) is 6.01. The number of carbonyl (C=O) groups excluding carboxylic acids is 2. The maximum absolute atomic E-state index is 12.9. The SMILES string of the molecule is Cc1cccc(C(=O)N2CCCC2)c1NC(=O)N(C)Cc1ccccc1Cl. The zero-order valence-corrected chi connectivity index (χ0v) is 16.4. The van der Waals surface area contributed by atoms with Gasteiger partial charge in [-0.25, -0.2) is 4.79 Å². The van der Waals surface area contributed by atoms with Crippen LogP contribution < -0.4 is 5.32 Å². The summed E-state index contributed by atoms with van der Waals surface area (Å²) in [6.07, 6.45) is 2.06. The number of carbonyl (C=O) groups is 2. The second kappa shape index (κ2) is 8.44. The Morgan fingerprint density at radius 3 is 2.52 bits per heavy atom. The molecule has 0 saturated carbocycles. The third-order valence-corrected chi connectivity index (χ3v) is 5.21. The fourth-order valence-corrected chi connectivity index (χ4v) is 3.45. The number of likely N-dealkylation sites (tertiary alicyclic amines) is 1. The van der Waals surface area contributed by atoms with Gasteiger partial charge in [-0.05, 0) is 43.0 Å². The first-order valence-corrected chi connectivity index (χ1v) is 9.49. The zero-order chi connectivity index (χ0) is 19.4. The van der Waals surface area contributed by atoms with Crippen LogP contribution in [0.1, 0.15) is 34.3 Å². The van der Waals surface area contributed by atoms with E-state index in [-0.39, 0.29) is 11.9 Å². The number of halogens is 1. The van der Waals surface area contributed by atoms with E-state index in [0.29, 0.717) is 22.8 Å². The van der Waals surface area contributed by atoms with Crippen LogP contribution in [-0.2, 0) is 6.54 Å². The van der Waals surface area contributed by atoms with Crippen molar-refractivity contribution in [1.29, 1.82) is 0 Å². The maximum atomic E-state index is 12.9. The van der Waals surface area contributed by atoms with Crippen LogP contribution in [0.3, 0.4) is 0 Å². The largest absolute Gasteiger partial charge is 0.339 e. The van der Waals surface area contributed by atoms with Crippen molar-refractivity contribution >= 4 is 29.2 Å². The van der Waals surface area contributed by atoms with E-state index in [1.54, 1.807) is 24.1 Å². The molecule has 0 atom stereocenters. The lowest BCUT2D eigenvalue weighted by Crippen LogP contribution is -2.33. The van der Waals surface area contributed by atoms with Gasteiger partial charge in [0.15, 0.2) is 0 Å². The number of benzene rings is 2. The molecule has 27 heavy (non-hydrogen) atoms. The smallest absolute Gasteiger partial charge is 0.321 e. The van der Waals surface area contributed by atoms with E-state index in [0.717, 1.165) is 37.1 Å². The predicted octanol–water partition coefficient (Wildman–Crippen LogP) is 4.55. The number of aryl methyl sites for hydroxylation is 1. The van der Waals surface area contributed by atoms with E-state index in [2.05, 4.69) is 5.32 Å². The number of rotatable bonds is 4. The maximum Gasteiger partial charge on any atom is 0.321 e. The number of anilines is 1.